The van der Waals surface area contributed by atoms with Gasteiger partial charge in [0.25, 0.3) is 0 Å². The summed E-state index contributed by atoms with van der Waals surface area (Å²) in [6.07, 6.45) is 5.99. The molecular weight excluding hydrogens is 418 g/mol. The molecule has 0 amide bonds. The number of nitrogens with zero attached hydrogens (tertiary/aromatic N) is 4. The van der Waals surface area contributed by atoms with Crippen molar-refractivity contribution in [2.75, 3.05) is 32.1 Å². The third-order valence-corrected chi connectivity index (χ3v) is 6.80. The van der Waals surface area contributed by atoms with Gasteiger partial charge < -0.3 is 14.8 Å². The first-order chi connectivity index (χ1) is 15.0. The van der Waals surface area contributed by atoms with Crippen LogP contribution >= 0.6 is 0 Å². The van der Waals surface area contributed by atoms with Gasteiger partial charge in [-0.2, -0.15) is 4.31 Å². The summed E-state index contributed by atoms with van der Waals surface area (Å²) in [5, 5.41) is 3.11. The minimum absolute atomic E-state index is 0.159. The lowest BCUT2D eigenvalue weighted by Gasteiger charge is -2.32. The smallest absolute Gasteiger partial charge is 0.246 e. The number of hydrogen-bond donors (Lipinski definition) is 1. The summed E-state index contributed by atoms with van der Waals surface area (Å²) < 4.78 is 39.1. The van der Waals surface area contributed by atoms with Crippen LogP contribution < -0.4 is 10.1 Å². The van der Waals surface area contributed by atoms with Crippen molar-refractivity contribution in [1.82, 2.24) is 19.3 Å². The van der Waals surface area contributed by atoms with Gasteiger partial charge in [-0.3, -0.25) is 9.97 Å². The molecule has 1 fully saturated rings. The molecule has 3 aromatic rings. The normalized spacial score (nSPS) is 17.3. The van der Waals surface area contributed by atoms with E-state index in [9.17, 15) is 8.42 Å². The van der Waals surface area contributed by atoms with Gasteiger partial charge in [0, 0.05) is 25.5 Å². The zero-order valence-electron chi connectivity index (χ0n) is 17.2. The van der Waals surface area contributed by atoms with Crippen LogP contribution in [-0.4, -0.2) is 54.5 Å². The van der Waals surface area contributed by atoms with Crippen molar-refractivity contribution in [3.63, 3.8) is 0 Å². The Morgan fingerprint density at radius 2 is 2.03 bits per heavy atom. The Morgan fingerprint density at radius 3 is 2.74 bits per heavy atom. The van der Waals surface area contributed by atoms with E-state index in [0.717, 1.165) is 11.3 Å². The summed E-state index contributed by atoms with van der Waals surface area (Å²) in [7, 11) is -2.28. The lowest BCUT2D eigenvalue weighted by molar-refractivity contribution is -0.00495. The number of anilines is 2. The quantitative estimate of drug-likeness (QED) is 0.622. The maximum Gasteiger partial charge on any atom is 0.246 e. The summed E-state index contributed by atoms with van der Waals surface area (Å²) in [6, 6.07) is 8.78. The van der Waals surface area contributed by atoms with Gasteiger partial charge in [-0.05, 0) is 36.8 Å². The fourth-order valence-electron chi connectivity index (χ4n) is 3.33. The number of morpholine rings is 1. The molecule has 2 aromatic heterocycles. The van der Waals surface area contributed by atoms with Crippen molar-refractivity contribution < 1.29 is 17.9 Å². The number of benzene rings is 1. The Labute approximate surface area is 181 Å². The van der Waals surface area contributed by atoms with Gasteiger partial charge in [-0.15, -0.1) is 0 Å². The highest BCUT2D eigenvalue weighted by atomic mass is 32.2. The molecule has 1 N–H and O–H groups in total. The molecule has 10 heteroatoms. The number of hydrogen-bond acceptors (Lipinski definition) is 8. The summed E-state index contributed by atoms with van der Waals surface area (Å²) in [4.78, 5) is 12.8. The van der Waals surface area contributed by atoms with Gasteiger partial charge >= 0.3 is 0 Å². The fourth-order valence-corrected chi connectivity index (χ4v) is 4.99. The monoisotopic (exact) mass is 441 g/mol. The first kappa shape index (κ1) is 21.2. The maximum atomic E-state index is 13.3. The molecule has 3 heterocycles. The van der Waals surface area contributed by atoms with Crippen LogP contribution in [0, 0.1) is 6.92 Å². The number of methoxy groups -OCH3 is 1. The van der Waals surface area contributed by atoms with Gasteiger partial charge in [-0.1, -0.05) is 6.07 Å². The number of rotatable bonds is 6. The number of sulfonamides is 1. The number of ether oxygens (including phenoxy) is 2. The van der Waals surface area contributed by atoms with Crippen LogP contribution in [0.1, 0.15) is 17.4 Å². The Balaban J connectivity index is 1.51. The van der Waals surface area contributed by atoms with Crippen LogP contribution in [0.25, 0.3) is 0 Å². The molecule has 4 rings (SSSR count). The van der Waals surface area contributed by atoms with Crippen molar-refractivity contribution in [1.29, 1.82) is 0 Å². The summed E-state index contributed by atoms with van der Waals surface area (Å²) in [5.41, 5.74) is 2.24. The zero-order chi connectivity index (χ0) is 21.8. The molecule has 1 saturated heterocycles. The average Bonchev–Trinajstić information content (AvgIpc) is 2.80. The molecule has 162 valence electrons. The first-order valence-electron chi connectivity index (χ1n) is 9.73. The van der Waals surface area contributed by atoms with E-state index < -0.39 is 16.1 Å². The van der Waals surface area contributed by atoms with Crippen molar-refractivity contribution in [2.24, 2.45) is 0 Å². The fraction of sp³-hybridized carbons (Fsp3) is 0.286. The molecule has 1 atom stereocenters. The van der Waals surface area contributed by atoms with Gasteiger partial charge in [0.2, 0.25) is 10.0 Å². The van der Waals surface area contributed by atoms with E-state index in [0.29, 0.717) is 17.3 Å². The molecule has 1 aliphatic heterocycles. The topological polar surface area (TPSA) is 107 Å². The van der Waals surface area contributed by atoms with E-state index >= 15 is 0 Å². The van der Waals surface area contributed by atoms with Crippen LogP contribution in [0.2, 0.25) is 0 Å². The highest BCUT2D eigenvalue weighted by Crippen LogP contribution is 2.31. The SMILES string of the molecule is COc1ccc(C)cc1S(=O)(=O)N1CCOC(c2ccc(Nc3cnccn3)cn2)C1. The molecular formula is C21H23N5O4S. The second-order valence-corrected chi connectivity index (χ2v) is 8.97. The average molecular weight is 442 g/mol. The van der Waals surface area contributed by atoms with E-state index in [2.05, 4.69) is 20.3 Å². The van der Waals surface area contributed by atoms with Crippen LogP contribution in [0.4, 0.5) is 11.5 Å². The number of nitrogens with one attached hydrogen (secondary N) is 1. The van der Waals surface area contributed by atoms with E-state index in [4.69, 9.17) is 9.47 Å². The molecule has 0 aliphatic carbocycles. The lowest BCUT2D eigenvalue weighted by Crippen LogP contribution is -2.42. The van der Waals surface area contributed by atoms with E-state index in [1.807, 2.05) is 25.1 Å². The molecule has 0 radical (unpaired) electrons. The molecule has 9 nitrogen and oxygen atoms in total. The number of aromatic nitrogens is 3. The number of pyridine rings is 1. The molecule has 0 spiro atoms. The molecule has 1 aliphatic rings. The third kappa shape index (κ3) is 4.66. The second-order valence-electron chi connectivity index (χ2n) is 7.06. The van der Waals surface area contributed by atoms with Gasteiger partial charge in [-0.25, -0.2) is 13.4 Å². The molecule has 0 saturated carbocycles. The van der Waals surface area contributed by atoms with E-state index in [1.54, 1.807) is 36.9 Å². The highest BCUT2D eigenvalue weighted by molar-refractivity contribution is 7.89. The number of aryl methyl sites for hydroxylation is 1. The Hall–Kier alpha value is -3.08. The van der Waals surface area contributed by atoms with E-state index in [-0.39, 0.29) is 24.6 Å². The third-order valence-electron chi connectivity index (χ3n) is 4.92. The van der Waals surface area contributed by atoms with Gasteiger partial charge in [0.05, 0.1) is 37.5 Å². The molecule has 0 bridgehead atoms. The molecule has 31 heavy (non-hydrogen) atoms. The van der Waals surface area contributed by atoms with Crippen LogP contribution in [0.5, 0.6) is 5.75 Å². The Bertz CT molecular complexity index is 1140. The van der Waals surface area contributed by atoms with E-state index in [1.165, 1.54) is 11.4 Å². The highest BCUT2D eigenvalue weighted by Gasteiger charge is 2.34. The Kier molecular flexibility index (Phi) is 6.12. The Morgan fingerprint density at radius 1 is 1.16 bits per heavy atom. The van der Waals surface area contributed by atoms with Crippen LogP contribution in [-0.2, 0) is 14.8 Å². The largest absolute Gasteiger partial charge is 0.495 e. The minimum Gasteiger partial charge on any atom is -0.495 e. The van der Waals surface area contributed by atoms with Gasteiger partial charge in [0.1, 0.15) is 22.6 Å². The van der Waals surface area contributed by atoms with Crippen molar-refractivity contribution in [3.8, 4) is 5.75 Å². The summed E-state index contributed by atoms with van der Waals surface area (Å²) in [5.74, 6) is 0.932. The molecule has 1 aromatic carbocycles. The predicted molar refractivity (Wildman–Crippen MR) is 115 cm³/mol. The second kappa shape index (κ2) is 8.96. The van der Waals surface area contributed by atoms with Crippen molar-refractivity contribution in [3.05, 3.63) is 66.4 Å². The lowest BCUT2D eigenvalue weighted by atomic mass is 10.2. The molecule has 1 unspecified atom stereocenters. The van der Waals surface area contributed by atoms with Gasteiger partial charge in [0.15, 0.2) is 0 Å². The maximum absolute atomic E-state index is 13.3. The first-order valence-corrected chi connectivity index (χ1v) is 11.2. The van der Waals surface area contributed by atoms with Crippen LogP contribution in [0.15, 0.2) is 60.0 Å². The predicted octanol–water partition coefficient (Wildman–Crippen LogP) is 2.69. The minimum atomic E-state index is -3.74. The zero-order valence-corrected chi connectivity index (χ0v) is 18.0. The summed E-state index contributed by atoms with van der Waals surface area (Å²) in [6.45, 7) is 2.56. The van der Waals surface area contributed by atoms with Crippen molar-refractivity contribution >= 4 is 21.5 Å². The van der Waals surface area contributed by atoms with Crippen LogP contribution in [0.3, 0.4) is 0 Å². The van der Waals surface area contributed by atoms with Crippen molar-refractivity contribution in [2.45, 2.75) is 17.9 Å². The standard InChI is InChI=1S/C21H23N5O4S/c1-15-3-6-18(29-2)20(11-15)31(27,28)26-9-10-30-19(14-26)17-5-4-16(12-24-17)25-21-13-22-7-8-23-21/h3-8,11-13,19H,9-10,14H2,1-2H3,(H,23,25). The summed E-state index contributed by atoms with van der Waals surface area (Å²) >= 11 is 0.